The third kappa shape index (κ3) is 11.2. The molecular formula is C21H36N2O2S. The van der Waals surface area contributed by atoms with Crippen molar-refractivity contribution in [3.8, 4) is 11.5 Å². The average molecular weight is 381 g/mol. The van der Waals surface area contributed by atoms with Crippen molar-refractivity contribution in [3.63, 3.8) is 0 Å². The largest absolute Gasteiger partial charge is 0.504 e. The molecule has 0 amide bonds. The van der Waals surface area contributed by atoms with Crippen molar-refractivity contribution in [2.45, 2.75) is 77.6 Å². The standard InChI is InChI=1S/C21H36N2O2S/c1-2-3-4-5-6-7-8-9-10-11-15-22-21(26)23-16-14-18-12-13-19(24)20(25)17-18/h12-13,17,24-25H,2-11,14-16H2,1H3,(H2,22,23,26). The van der Waals surface area contributed by atoms with E-state index in [-0.39, 0.29) is 11.5 Å². The molecule has 0 aliphatic rings. The maximum atomic E-state index is 9.47. The van der Waals surface area contributed by atoms with Crippen LogP contribution in [0.25, 0.3) is 0 Å². The zero-order valence-corrected chi connectivity index (χ0v) is 17.0. The molecule has 0 aliphatic carbocycles. The van der Waals surface area contributed by atoms with E-state index in [4.69, 9.17) is 12.2 Å². The third-order valence-corrected chi connectivity index (χ3v) is 4.84. The smallest absolute Gasteiger partial charge is 0.166 e. The molecule has 0 atom stereocenters. The van der Waals surface area contributed by atoms with Crippen LogP contribution in [0.3, 0.4) is 0 Å². The molecule has 148 valence electrons. The van der Waals surface area contributed by atoms with Gasteiger partial charge in [-0.3, -0.25) is 0 Å². The van der Waals surface area contributed by atoms with Gasteiger partial charge in [-0.15, -0.1) is 0 Å². The van der Waals surface area contributed by atoms with Crippen LogP contribution in [0.4, 0.5) is 0 Å². The van der Waals surface area contributed by atoms with Gasteiger partial charge in [-0.2, -0.15) is 0 Å². The minimum absolute atomic E-state index is 0.0795. The SMILES string of the molecule is CCCCCCCCCCCCNC(=S)NCCc1ccc(O)c(O)c1. The van der Waals surface area contributed by atoms with Gasteiger partial charge >= 0.3 is 0 Å². The van der Waals surface area contributed by atoms with Gasteiger partial charge in [0.2, 0.25) is 0 Å². The second kappa shape index (κ2) is 14.7. The Kier molecular flexibility index (Phi) is 12.7. The normalized spacial score (nSPS) is 10.7. The number of aromatic hydroxyl groups is 2. The molecule has 0 radical (unpaired) electrons. The number of thiocarbonyl (C=S) groups is 1. The summed E-state index contributed by atoms with van der Waals surface area (Å²) in [7, 11) is 0. The van der Waals surface area contributed by atoms with Gasteiger partial charge in [0.25, 0.3) is 0 Å². The van der Waals surface area contributed by atoms with Gasteiger partial charge in [-0.1, -0.05) is 70.8 Å². The highest BCUT2D eigenvalue weighted by Crippen LogP contribution is 2.24. The van der Waals surface area contributed by atoms with Gasteiger partial charge in [0.15, 0.2) is 16.6 Å². The molecule has 0 heterocycles. The lowest BCUT2D eigenvalue weighted by molar-refractivity contribution is 0.403. The lowest BCUT2D eigenvalue weighted by Gasteiger charge is -2.10. The summed E-state index contributed by atoms with van der Waals surface area (Å²) in [6, 6.07) is 4.89. The van der Waals surface area contributed by atoms with E-state index in [9.17, 15) is 10.2 Å². The van der Waals surface area contributed by atoms with Gasteiger partial charge in [-0.05, 0) is 42.8 Å². The van der Waals surface area contributed by atoms with E-state index in [0.717, 1.165) is 24.9 Å². The number of benzene rings is 1. The maximum absolute atomic E-state index is 9.47. The number of hydrogen-bond donors (Lipinski definition) is 4. The summed E-state index contributed by atoms with van der Waals surface area (Å²) in [5.41, 5.74) is 0.963. The van der Waals surface area contributed by atoms with Crippen molar-refractivity contribution in [3.05, 3.63) is 23.8 Å². The molecule has 1 rings (SSSR count). The second-order valence-corrected chi connectivity index (χ2v) is 7.35. The highest BCUT2D eigenvalue weighted by Gasteiger charge is 2.01. The van der Waals surface area contributed by atoms with Crippen molar-refractivity contribution in [1.82, 2.24) is 10.6 Å². The topological polar surface area (TPSA) is 64.5 Å². The fourth-order valence-corrected chi connectivity index (χ4v) is 3.13. The van der Waals surface area contributed by atoms with Gasteiger partial charge in [0.1, 0.15) is 0 Å². The molecule has 0 fully saturated rings. The van der Waals surface area contributed by atoms with E-state index in [1.807, 2.05) is 0 Å². The van der Waals surface area contributed by atoms with Gasteiger partial charge in [0.05, 0.1) is 0 Å². The van der Waals surface area contributed by atoms with E-state index in [1.165, 1.54) is 63.9 Å². The van der Waals surface area contributed by atoms with Crippen LogP contribution in [0.15, 0.2) is 18.2 Å². The first kappa shape index (κ1) is 22.6. The Morgan fingerprint density at radius 2 is 1.38 bits per heavy atom. The molecular weight excluding hydrogens is 344 g/mol. The Hall–Kier alpha value is -1.49. The molecule has 0 aromatic heterocycles. The molecule has 5 heteroatoms. The highest BCUT2D eigenvalue weighted by atomic mass is 32.1. The predicted molar refractivity (Wildman–Crippen MR) is 114 cm³/mol. The monoisotopic (exact) mass is 380 g/mol. The fraction of sp³-hybridized carbons (Fsp3) is 0.667. The van der Waals surface area contributed by atoms with Gasteiger partial charge < -0.3 is 20.8 Å². The lowest BCUT2D eigenvalue weighted by atomic mass is 10.1. The van der Waals surface area contributed by atoms with E-state index in [1.54, 1.807) is 12.1 Å². The number of hydrogen-bond acceptors (Lipinski definition) is 3. The van der Waals surface area contributed by atoms with Crippen LogP contribution in [0.1, 0.15) is 76.7 Å². The minimum Gasteiger partial charge on any atom is -0.504 e. The maximum Gasteiger partial charge on any atom is 0.166 e. The van der Waals surface area contributed by atoms with E-state index in [0.29, 0.717) is 11.7 Å². The summed E-state index contributed by atoms with van der Waals surface area (Å²) in [6.45, 7) is 3.88. The van der Waals surface area contributed by atoms with Crippen LogP contribution >= 0.6 is 12.2 Å². The van der Waals surface area contributed by atoms with Crippen LogP contribution in [-0.4, -0.2) is 28.4 Å². The first-order valence-electron chi connectivity index (χ1n) is 10.2. The molecule has 0 saturated heterocycles. The summed E-state index contributed by atoms with van der Waals surface area (Å²) < 4.78 is 0. The van der Waals surface area contributed by atoms with Crippen LogP contribution in [0.5, 0.6) is 11.5 Å². The summed E-state index contributed by atoms with van der Waals surface area (Å²) >= 11 is 5.27. The molecule has 1 aromatic rings. The molecule has 26 heavy (non-hydrogen) atoms. The average Bonchev–Trinajstić information content (AvgIpc) is 2.62. The van der Waals surface area contributed by atoms with E-state index < -0.39 is 0 Å². The molecule has 0 unspecified atom stereocenters. The Labute approximate surface area is 164 Å². The first-order valence-corrected chi connectivity index (χ1v) is 10.6. The van der Waals surface area contributed by atoms with Gasteiger partial charge in [0, 0.05) is 13.1 Å². The van der Waals surface area contributed by atoms with Crippen molar-refractivity contribution in [2.24, 2.45) is 0 Å². The molecule has 0 aliphatic heterocycles. The summed E-state index contributed by atoms with van der Waals surface area (Å²) in [4.78, 5) is 0. The van der Waals surface area contributed by atoms with Crippen LogP contribution < -0.4 is 10.6 Å². The Balaban J connectivity index is 1.91. The lowest BCUT2D eigenvalue weighted by Crippen LogP contribution is -2.36. The zero-order chi connectivity index (χ0) is 19.0. The fourth-order valence-electron chi connectivity index (χ4n) is 2.92. The molecule has 1 aromatic carbocycles. The van der Waals surface area contributed by atoms with Crippen molar-refractivity contribution in [2.75, 3.05) is 13.1 Å². The van der Waals surface area contributed by atoms with Crippen molar-refractivity contribution >= 4 is 17.3 Å². The quantitative estimate of drug-likeness (QED) is 0.207. The predicted octanol–water partition coefficient (Wildman–Crippen LogP) is 5.03. The molecule has 0 bridgehead atoms. The zero-order valence-electron chi connectivity index (χ0n) is 16.2. The Morgan fingerprint density at radius 1 is 0.808 bits per heavy atom. The second-order valence-electron chi connectivity index (χ2n) is 6.94. The van der Waals surface area contributed by atoms with Crippen LogP contribution in [-0.2, 0) is 6.42 Å². The molecule has 0 saturated carbocycles. The van der Waals surface area contributed by atoms with Crippen molar-refractivity contribution < 1.29 is 10.2 Å². The molecule has 4 N–H and O–H groups in total. The van der Waals surface area contributed by atoms with E-state index in [2.05, 4.69) is 17.6 Å². The Morgan fingerprint density at radius 3 is 2.00 bits per heavy atom. The van der Waals surface area contributed by atoms with Crippen LogP contribution in [0, 0.1) is 0 Å². The third-order valence-electron chi connectivity index (χ3n) is 4.55. The summed E-state index contributed by atoms with van der Waals surface area (Å²) in [5.74, 6) is -0.167. The summed E-state index contributed by atoms with van der Waals surface area (Å²) in [5, 5.41) is 25.9. The van der Waals surface area contributed by atoms with E-state index >= 15 is 0 Å². The number of phenolic OH excluding ortho intramolecular Hbond substituents is 2. The van der Waals surface area contributed by atoms with Gasteiger partial charge in [-0.25, -0.2) is 0 Å². The minimum atomic E-state index is -0.0876. The molecule has 4 nitrogen and oxygen atoms in total. The highest BCUT2D eigenvalue weighted by molar-refractivity contribution is 7.80. The Bertz CT molecular complexity index is 509. The molecule has 0 spiro atoms. The summed E-state index contributed by atoms with van der Waals surface area (Å²) in [6.07, 6.45) is 14.1. The number of rotatable bonds is 14. The number of unbranched alkanes of at least 4 members (excludes halogenated alkanes) is 9. The number of phenols is 2. The van der Waals surface area contributed by atoms with Crippen molar-refractivity contribution in [1.29, 1.82) is 0 Å². The van der Waals surface area contributed by atoms with Crippen LogP contribution in [0.2, 0.25) is 0 Å². The first-order chi connectivity index (χ1) is 12.6. The number of nitrogens with one attached hydrogen (secondary N) is 2.